The molecule has 0 bridgehead atoms. The number of hydrogen-bond acceptors (Lipinski definition) is 2. The van der Waals surface area contributed by atoms with Crippen molar-refractivity contribution in [2.24, 2.45) is 0 Å². The molecule has 1 aliphatic carbocycles. The van der Waals surface area contributed by atoms with Crippen molar-refractivity contribution >= 4 is 18.1 Å². The minimum atomic E-state index is 0. The van der Waals surface area contributed by atoms with Gasteiger partial charge in [-0.1, -0.05) is 31.4 Å². The number of likely N-dealkylation sites (tertiary alicyclic amines) is 1. The van der Waals surface area contributed by atoms with E-state index in [1.807, 2.05) is 0 Å². The van der Waals surface area contributed by atoms with Crippen molar-refractivity contribution in [1.29, 1.82) is 0 Å². The van der Waals surface area contributed by atoms with Gasteiger partial charge in [-0.05, 0) is 75.4 Å². The maximum Gasteiger partial charge on any atom is 0.0340 e. The SMILES string of the molecule is Cl.O.c1cc(C2CCCC2)ccc1NCCCN1CCCCC1. The molecule has 0 aromatic heterocycles. The molecule has 4 heteroatoms. The van der Waals surface area contributed by atoms with Crippen LogP contribution in [0.15, 0.2) is 24.3 Å². The van der Waals surface area contributed by atoms with Crippen LogP contribution in [0.1, 0.15) is 62.8 Å². The Labute approximate surface area is 147 Å². The Balaban J connectivity index is 0.00000132. The molecule has 0 spiro atoms. The van der Waals surface area contributed by atoms with Crippen LogP contribution in [-0.4, -0.2) is 36.6 Å². The van der Waals surface area contributed by atoms with Crippen molar-refractivity contribution in [1.82, 2.24) is 4.90 Å². The highest BCUT2D eigenvalue weighted by Crippen LogP contribution is 2.34. The number of nitrogens with one attached hydrogen (secondary N) is 1. The number of benzene rings is 1. The highest BCUT2D eigenvalue weighted by atomic mass is 35.5. The molecule has 3 nitrogen and oxygen atoms in total. The second-order valence-electron chi connectivity index (χ2n) is 6.79. The predicted molar refractivity (Wildman–Crippen MR) is 102 cm³/mol. The molecule has 3 N–H and O–H groups in total. The van der Waals surface area contributed by atoms with Crippen LogP contribution in [0.5, 0.6) is 0 Å². The van der Waals surface area contributed by atoms with Crippen LogP contribution < -0.4 is 5.32 Å². The second-order valence-corrected chi connectivity index (χ2v) is 6.79. The molecule has 3 rings (SSSR count). The molecule has 0 amide bonds. The zero-order valence-corrected chi connectivity index (χ0v) is 15.0. The first-order chi connectivity index (χ1) is 10.4. The van der Waals surface area contributed by atoms with Crippen LogP contribution in [0.2, 0.25) is 0 Å². The molecule has 1 aliphatic heterocycles. The fourth-order valence-electron chi connectivity index (χ4n) is 3.85. The van der Waals surface area contributed by atoms with E-state index in [-0.39, 0.29) is 17.9 Å². The Bertz CT molecular complexity index is 412. The van der Waals surface area contributed by atoms with Gasteiger partial charge in [0.25, 0.3) is 0 Å². The summed E-state index contributed by atoms with van der Waals surface area (Å²) >= 11 is 0. The summed E-state index contributed by atoms with van der Waals surface area (Å²) in [6.07, 6.45) is 11.1. The first kappa shape index (κ1) is 20.3. The lowest BCUT2D eigenvalue weighted by Crippen LogP contribution is -2.31. The molecular weight excluding hydrogens is 308 g/mol. The Morgan fingerprint density at radius 3 is 2.22 bits per heavy atom. The summed E-state index contributed by atoms with van der Waals surface area (Å²) in [6.45, 7) is 4.98. The van der Waals surface area contributed by atoms with Gasteiger partial charge in [0.1, 0.15) is 0 Å². The highest BCUT2D eigenvalue weighted by molar-refractivity contribution is 5.85. The molecule has 0 unspecified atom stereocenters. The fraction of sp³-hybridized carbons (Fsp3) is 0.684. The van der Waals surface area contributed by atoms with E-state index in [2.05, 4.69) is 34.5 Å². The summed E-state index contributed by atoms with van der Waals surface area (Å²) in [7, 11) is 0. The van der Waals surface area contributed by atoms with E-state index in [0.717, 1.165) is 12.5 Å². The molecule has 2 aliphatic rings. The Morgan fingerprint density at radius 2 is 1.57 bits per heavy atom. The summed E-state index contributed by atoms with van der Waals surface area (Å²) in [5.74, 6) is 0.832. The lowest BCUT2D eigenvalue weighted by molar-refractivity contribution is 0.228. The minimum absolute atomic E-state index is 0. The van der Waals surface area contributed by atoms with Gasteiger partial charge in [0.05, 0.1) is 0 Å². The number of rotatable bonds is 6. The van der Waals surface area contributed by atoms with Crippen LogP contribution in [0.25, 0.3) is 0 Å². The van der Waals surface area contributed by atoms with Crippen LogP contribution in [0, 0.1) is 0 Å². The van der Waals surface area contributed by atoms with Crippen LogP contribution in [0.3, 0.4) is 0 Å². The normalized spacial score (nSPS) is 19.0. The third-order valence-corrected chi connectivity index (χ3v) is 5.17. The maximum absolute atomic E-state index is 3.58. The van der Waals surface area contributed by atoms with Gasteiger partial charge in [-0.3, -0.25) is 0 Å². The molecule has 2 fully saturated rings. The molecule has 0 atom stereocenters. The standard InChI is InChI=1S/C19H30N2.ClH.H2O/c1-4-14-21(15-5-1)16-6-13-20-19-11-9-18(10-12-19)17-7-2-3-8-17;;/h9-12,17,20H,1-8,13-16H2;1H;1H2. The van der Waals surface area contributed by atoms with Gasteiger partial charge >= 0.3 is 0 Å². The van der Waals surface area contributed by atoms with E-state index in [4.69, 9.17) is 0 Å². The van der Waals surface area contributed by atoms with Crippen molar-refractivity contribution in [2.75, 3.05) is 31.5 Å². The molecular formula is C19H33ClN2O. The molecule has 1 aromatic rings. The fourth-order valence-corrected chi connectivity index (χ4v) is 3.85. The largest absolute Gasteiger partial charge is 0.412 e. The molecule has 1 saturated carbocycles. The molecule has 132 valence electrons. The topological polar surface area (TPSA) is 46.8 Å². The van der Waals surface area contributed by atoms with Crippen LogP contribution in [-0.2, 0) is 0 Å². The lowest BCUT2D eigenvalue weighted by Gasteiger charge is -2.26. The van der Waals surface area contributed by atoms with Crippen LogP contribution >= 0.6 is 12.4 Å². The van der Waals surface area contributed by atoms with Gasteiger partial charge in [0.2, 0.25) is 0 Å². The Kier molecular flexibility index (Phi) is 9.61. The van der Waals surface area contributed by atoms with Gasteiger partial charge in [-0.15, -0.1) is 12.4 Å². The maximum atomic E-state index is 3.58. The quantitative estimate of drug-likeness (QED) is 0.788. The number of piperidine rings is 1. The molecule has 1 heterocycles. The zero-order valence-electron chi connectivity index (χ0n) is 14.2. The summed E-state index contributed by atoms with van der Waals surface area (Å²) in [5, 5.41) is 3.58. The summed E-state index contributed by atoms with van der Waals surface area (Å²) in [5.41, 5.74) is 2.83. The summed E-state index contributed by atoms with van der Waals surface area (Å²) < 4.78 is 0. The van der Waals surface area contributed by atoms with Gasteiger partial charge in [0, 0.05) is 12.2 Å². The van der Waals surface area contributed by atoms with E-state index in [1.165, 1.54) is 76.7 Å². The average molecular weight is 341 g/mol. The Morgan fingerprint density at radius 1 is 0.913 bits per heavy atom. The van der Waals surface area contributed by atoms with E-state index < -0.39 is 0 Å². The van der Waals surface area contributed by atoms with Crippen LogP contribution in [0.4, 0.5) is 5.69 Å². The summed E-state index contributed by atoms with van der Waals surface area (Å²) in [4.78, 5) is 2.62. The highest BCUT2D eigenvalue weighted by Gasteiger charge is 2.16. The van der Waals surface area contributed by atoms with Crippen molar-refractivity contribution in [2.45, 2.75) is 57.3 Å². The zero-order chi connectivity index (χ0) is 14.3. The van der Waals surface area contributed by atoms with Crippen molar-refractivity contribution in [3.8, 4) is 0 Å². The molecule has 1 saturated heterocycles. The number of anilines is 1. The average Bonchev–Trinajstić information content (AvgIpc) is 3.08. The molecule has 1 aromatic carbocycles. The van der Waals surface area contributed by atoms with E-state index >= 15 is 0 Å². The molecule has 23 heavy (non-hydrogen) atoms. The molecule has 0 radical (unpaired) electrons. The third kappa shape index (κ3) is 6.33. The predicted octanol–water partition coefficient (Wildman–Crippen LogP) is 4.23. The smallest absolute Gasteiger partial charge is 0.0340 e. The number of nitrogens with zero attached hydrogens (tertiary/aromatic N) is 1. The van der Waals surface area contributed by atoms with Crippen molar-refractivity contribution in [3.05, 3.63) is 29.8 Å². The van der Waals surface area contributed by atoms with Gasteiger partial charge in [-0.2, -0.15) is 0 Å². The van der Waals surface area contributed by atoms with Gasteiger partial charge in [0.15, 0.2) is 0 Å². The van der Waals surface area contributed by atoms with Crippen molar-refractivity contribution < 1.29 is 5.48 Å². The van der Waals surface area contributed by atoms with E-state index in [9.17, 15) is 0 Å². The van der Waals surface area contributed by atoms with Gasteiger partial charge in [-0.25, -0.2) is 0 Å². The Hall–Kier alpha value is -0.770. The first-order valence-electron chi connectivity index (χ1n) is 8.98. The minimum Gasteiger partial charge on any atom is -0.412 e. The van der Waals surface area contributed by atoms with E-state index in [1.54, 1.807) is 5.56 Å². The number of halogens is 1. The number of hydrogen-bond donors (Lipinski definition) is 1. The second kappa shape index (κ2) is 10.9. The van der Waals surface area contributed by atoms with Crippen molar-refractivity contribution in [3.63, 3.8) is 0 Å². The monoisotopic (exact) mass is 340 g/mol. The lowest BCUT2D eigenvalue weighted by atomic mass is 9.98. The summed E-state index contributed by atoms with van der Waals surface area (Å²) in [6, 6.07) is 9.22. The first-order valence-corrected chi connectivity index (χ1v) is 8.98. The van der Waals surface area contributed by atoms with E-state index in [0.29, 0.717) is 0 Å². The third-order valence-electron chi connectivity index (χ3n) is 5.17. The van der Waals surface area contributed by atoms with Gasteiger partial charge < -0.3 is 15.7 Å².